The highest BCUT2D eigenvalue weighted by Crippen LogP contribution is 2.22. The fraction of sp³-hybridized carbons (Fsp3) is 0.385. The molecule has 1 aliphatic rings. The van der Waals surface area contributed by atoms with E-state index < -0.39 is 5.97 Å². The highest BCUT2D eigenvalue weighted by molar-refractivity contribution is 7.17. The summed E-state index contributed by atoms with van der Waals surface area (Å²) in [4.78, 5) is 36.5. The van der Waals surface area contributed by atoms with Gasteiger partial charge in [0.1, 0.15) is 4.88 Å². The van der Waals surface area contributed by atoms with Gasteiger partial charge in [-0.15, -0.1) is 0 Å². The van der Waals surface area contributed by atoms with Gasteiger partial charge in [0.25, 0.3) is 0 Å². The number of aromatic amines is 1. The fourth-order valence-electron chi connectivity index (χ4n) is 2.41. The summed E-state index contributed by atoms with van der Waals surface area (Å²) in [7, 11) is 0. The topological polar surface area (TPSA) is 111 Å². The van der Waals surface area contributed by atoms with Gasteiger partial charge in [-0.3, -0.25) is 9.69 Å². The zero-order chi connectivity index (χ0) is 15.7. The minimum Gasteiger partial charge on any atom is -0.477 e. The summed E-state index contributed by atoms with van der Waals surface area (Å²) in [5.41, 5.74) is 2.50. The second-order valence-corrected chi connectivity index (χ2v) is 6.07. The molecule has 0 saturated carbocycles. The number of aromatic nitrogens is 3. The van der Waals surface area contributed by atoms with Gasteiger partial charge in [-0.05, 0) is 6.92 Å². The molecule has 0 saturated heterocycles. The predicted molar refractivity (Wildman–Crippen MR) is 80.0 cm³/mol. The number of carbonyl (C=O) groups excluding carboxylic acids is 1. The molecular weight excluding hydrogens is 306 g/mol. The zero-order valence-corrected chi connectivity index (χ0v) is 12.7. The van der Waals surface area contributed by atoms with E-state index in [1.807, 2.05) is 4.90 Å². The number of hydrogen-bond donors (Lipinski definition) is 3. The normalized spacial score (nSPS) is 14.6. The number of hydrogen-bond acceptors (Lipinski definition) is 6. The number of aryl methyl sites for hydroxylation is 1. The Morgan fingerprint density at radius 1 is 1.55 bits per heavy atom. The van der Waals surface area contributed by atoms with E-state index in [2.05, 4.69) is 20.3 Å². The van der Waals surface area contributed by atoms with Crippen LogP contribution in [-0.2, 0) is 17.8 Å². The molecule has 3 heterocycles. The molecule has 0 spiro atoms. The quantitative estimate of drug-likeness (QED) is 0.770. The Bertz CT molecular complexity index is 723. The van der Waals surface area contributed by atoms with Gasteiger partial charge >= 0.3 is 5.97 Å². The summed E-state index contributed by atoms with van der Waals surface area (Å²) in [5, 5.41) is 12.0. The zero-order valence-electron chi connectivity index (χ0n) is 11.9. The van der Waals surface area contributed by atoms with E-state index in [0.29, 0.717) is 17.4 Å². The second kappa shape index (κ2) is 5.85. The molecule has 9 heteroatoms. The van der Waals surface area contributed by atoms with Crippen LogP contribution in [-0.4, -0.2) is 49.9 Å². The highest BCUT2D eigenvalue weighted by atomic mass is 32.1. The van der Waals surface area contributed by atoms with Gasteiger partial charge in [-0.25, -0.2) is 14.8 Å². The Morgan fingerprint density at radius 3 is 3.09 bits per heavy atom. The summed E-state index contributed by atoms with van der Waals surface area (Å²) in [6.45, 7) is 3.27. The molecule has 0 fully saturated rings. The number of H-pyrrole nitrogens is 1. The maximum absolute atomic E-state index is 12.1. The molecule has 0 aromatic carbocycles. The first-order chi connectivity index (χ1) is 10.5. The van der Waals surface area contributed by atoms with Crippen LogP contribution in [0.5, 0.6) is 0 Å². The van der Waals surface area contributed by atoms with Crippen LogP contribution in [0, 0.1) is 6.92 Å². The third-order valence-electron chi connectivity index (χ3n) is 3.46. The molecule has 1 aliphatic heterocycles. The fourth-order valence-corrected chi connectivity index (χ4v) is 3.23. The van der Waals surface area contributed by atoms with Crippen molar-refractivity contribution in [2.45, 2.75) is 19.9 Å². The molecule has 0 bridgehead atoms. The van der Waals surface area contributed by atoms with Crippen LogP contribution in [0.25, 0.3) is 0 Å². The van der Waals surface area contributed by atoms with Crippen molar-refractivity contribution in [3.63, 3.8) is 0 Å². The third kappa shape index (κ3) is 3.00. The lowest BCUT2D eigenvalue weighted by molar-refractivity contribution is -0.117. The minimum absolute atomic E-state index is 0.148. The van der Waals surface area contributed by atoms with Gasteiger partial charge in [0, 0.05) is 19.5 Å². The monoisotopic (exact) mass is 321 g/mol. The molecule has 2 aromatic heterocycles. The Balaban J connectivity index is 1.59. The largest absolute Gasteiger partial charge is 0.477 e. The minimum atomic E-state index is -1.03. The van der Waals surface area contributed by atoms with E-state index in [1.165, 1.54) is 0 Å². The molecular formula is C13H15N5O3S. The molecule has 0 aliphatic carbocycles. The van der Waals surface area contributed by atoms with Crippen LogP contribution in [0.4, 0.5) is 5.13 Å². The summed E-state index contributed by atoms with van der Waals surface area (Å²) in [5.74, 6) is -1.23. The number of nitrogens with one attached hydrogen (secondary N) is 2. The molecule has 0 unspecified atom stereocenters. The Hall–Kier alpha value is -2.26. The van der Waals surface area contributed by atoms with E-state index in [4.69, 9.17) is 5.11 Å². The van der Waals surface area contributed by atoms with Gasteiger partial charge in [-0.1, -0.05) is 11.3 Å². The molecule has 116 valence electrons. The first-order valence-corrected chi connectivity index (χ1v) is 7.58. The number of imidazole rings is 1. The number of thiazole rings is 1. The van der Waals surface area contributed by atoms with Crippen LogP contribution in [0.15, 0.2) is 6.33 Å². The van der Waals surface area contributed by atoms with Crippen molar-refractivity contribution in [3.05, 3.63) is 28.3 Å². The third-order valence-corrected chi connectivity index (χ3v) is 4.52. The predicted octanol–water partition coefficient (Wildman–Crippen LogP) is 0.870. The van der Waals surface area contributed by atoms with Crippen molar-refractivity contribution in [2.24, 2.45) is 0 Å². The number of anilines is 1. The smallest absolute Gasteiger partial charge is 0.347 e. The van der Waals surface area contributed by atoms with Crippen molar-refractivity contribution in [2.75, 3.05) is 18.4 Å². The van der Waals surface area contributed by atoms with Crippen molar-refractivity contribution in [1.82, 2.24) is 19.9 Å². The summed E-state index contributed by atoms with van der Waals surface area (Å²) < 4.78 is 0. The van der Waals surface area contributed by atoms with Gasteiger partial charge in [-0.2, -0.15) is 0 Å². The van der Waals surface area contributed by atoms with Gasteiger partial charge < -0.3 is 15.4 Å². The Labute approximate surface area is 130 Å². The van der Waals surface area contributed by atoms with Crippen molar-refractivity contribution in [1.29, 1.82) is 0 Å². The van der Waals surface area contributed by atoms with Crippen molar-refractivity contribution < 1.29 is 14.7 Å². The molecule has 3 rings (SSSR count). The van der Waals surface area contributed by atoms with E-state index in [1.54, 1.807) is 13.3 Å². The number of carbonyl (C=O) groups is 2. The average Bonchev–Trinajstić information content (AvgIpc) is 3.04. The van der Waals surface area contributed by atoms with E-state index in [-0.39, 0.29) is 17.3 Å². The molecule has 2 aromatic rings. The van der Waals surface area contributed by atoms with E-state index >= 15 is 0 Å². The number of carboxylic acid groups (broad SMARTS) is 1. The molecule has 0 radical (unpaired) electrons. The molecule has 1 amide bonds. The number of carboxylic acids is 1. The van der Waals surface area contributed by atoms with Crippen molar-refractivity contribution >= 4 is 28.3 Å². The number of nitrogens with zero attached hydrogens (tertiary/aromatic N) is 3. The van der Waals surface area contributed by atoms with E-state index in [9.17, 15) is 9.59 Å². The standard InChI is InChI=1S/C13H15N5O3S/c1-7-11(12(20)21)22-13(16-7)17-10(19)5-18-3-2-8-9(4-18)15-6-14-8/h6H,2-5H2,1H3,(H,14,15)(H,20,21)(H,16,17,19). The lowest BCUT2D eigenvalue weighted by atomic mass is 10.1. The summed E-state index contributed by atoms with van der Waals surface area (Å²) in [6, 6.07) is 0. The first-order valence-electron chi connectivity index (χ1n) is 6.77. The lowest BCUT2D eigenvalue weighted by Gasteiger charge is -2.25. The first kappa shape index (κ1) is 14.7. The average molecular weight is 321 g/mol. The highest BCUT2D eigenvalue weighted by Gasteiger charge is 2.21. The summed E-state index contributed by atoms with van der Waals surface area (Å²) in [6.07, 6.45) is 2.48. The van der Waals surface area contributed by atoms with Gasteiger partial charge in [0.05, 0.1) is 30.0 Å². The van der Waals surface area contributed by atoms with Crippen molar-refractivity contribution in [3.8, 4) is 0 Å². The number of aromatic carboxylic acids is 1. The molecule has 8 nitrogen and oxygen atoms in total. The van der Waals surface area contributed by atoms with Crippen LogP contribution in [0.1, 0.15) is 26.8 Å². The maximum Gasteiger partial charge on any atom is 0.347 e. The number of fused-ring (bicyclic) bond motifs is 1. The number of rotatable bonds is 4. The van der Waals surface area contributed by atoms with Crippen LogP contribution >= 0.6 is 11.3 Å². The molecule has 22 heavy (non-hydrogen) atoms. The SMILES string of the molecule is Cc1nc(NC(=O)CN2CCc3nc[nH]c3C2)sc1C(=O)O. The Morgan fingerprint density at radius 2 is 2.36 bits per heavy atom. The lowest BCUT2D eigenvalue weighted by Crippen LogP contribution is -2.37. The van der Waals surface area contributed by atoms with Gasteiger partial charge in [0.2, 0.25) is 5.91 Å². The molecule has 0 atom stereocenters. The Kier molecular flexibility index (Phi) is 3.90. The second-order valence-electron chi connectivity index (χ2n) is 5.08. The van der Waals surface area contributed by atoms with Crippen LogP contribution < -0.4 is 5.32 Å². The van der Waals surface area contributed by atoms with E-state index in [0.717, 1.165) is 35.7 Å². The van der Waals surface area contributed by atoms with Crippen LogP contribution in [0.2, 0.25) is 0 Å². The molecule has 3 N–H and O–H groups in total. The van der Waals surface area contributed by atoms with Crippen LogP contribution in [0.3, 0.4) is 0 Å². The maximum atomic E-state index is 12.1. The number of amides is 1. The van der Waals surface area contributed by atoms with Gasteiger partial charge in [0.15, 0.2) is 5.13 Å². The summed E-state index contributed by atoms with van der Waals surface area (Å²) >= 11 is 0.971.